The van der Waals surface area contributed by atoms with Crippen molar-refractivity contribution in [2.75, 3.05) is 11.5 Å². The molecule has 2 atom stereocenters. The summed E-state index contributed by atoms with van der Waals surface area (Å²) in [5.74, 6) is -0.623. The molecule has 2 aromatic carbocycles. The summed E-state index contributed by atoms with van der Waals surface area (Å²) < 4.78 is 35.0. The van der Waals surface area contributed by atoms with E-state index in [0.717, 1.165) is 31.2 Å². The van der Waals surface area contributed by atoms with Crippen molar-refractivity contribution < 1.29 is 22.6 Å². The van der Waals surface area contributed by atoms with Gasteiger partial charge in [-0.3, -0.25) is 9.59 Å². The second-order valence-corrected chi connectivity index (χ2v) is 12.0. The standard InChI is InChI=1S/C24H28O5S2/c1-2-9-24(31(27,28)29)30(16-22(25)19-11-4-3-5-12-19)17-23(26)21-15-8-13-18-10-6-7-14-20(18)21/h3-5,8,11-13,15,24H,2,6-7,9-10,14,16-17H2,1H3. The topological polar surface area (TPSA) is 91.3 Å². The maximum absolute atomic E-state index is 13.3. The summed E-state index contributed by atoms with van der Waals surface area (Å²) in [6.45, 7) is 1.80. The number of fused-ring (bicyclic) bond motifs is 1. The van der Waals surface area contributed by atoms with Gasteiger partial charge in [0, 0.05) is 28.4 Å². The summed E-state index contributed by atoms with van der Waals surface area (Å²) in [6, 6.07) is 14.3. The van der Waals surface area contributed by atoms with Crippen LogP contribution in [0.5, 0.6) is 0 Å². The Morgan fingerprint density at radius 1 is 0.968 bits per heavy atom. The van der Waals surface area contributed by atoms with Crippen LogP contribution in [0.1, 0.15) is 64.4 Å². The average molecular weight is 461 g/mol. The van der Waals surface area contributed by atoms with Crippen LogP contribution in [0.15, 0.2) is 48.5 Å². The molecular weight excluding hydrogens is 432 g/mol. The van der Waals surface area contributed by atoms with Crippen molar-refractivity contribution in [3.63, 3.8) is 0 Å². The van der Waals surface area contributed by atoms with Gasteiger partial charge in [0.05, 0.1) is 0 Å². The van der Waals surface area contributed by atoms with E-state index in [-0.39, 0.29) is 29.5 Å². The van der Waals surface area contributed by atoms with Crippen LogP contribution >= 0.6 is 0 Å². The normalized spacial score (nSPS) is 15.7. The minimum Gasteiger partial charge on any atom is -0.744 e. The lowest BCUT2D eigenvalue weighted by molar-refractivity contribution is 0.101. The number of hydrogen-bond donors (Lipinski definition) is 0. The summed E-state index contributed by atoms with van der Waals surface area (Å²) in [7, 11) is -5.83. The van der Waals surface area contributed by atoms with Crippen molar-refractivity contribution in [1.29, 1.82) is 0 Å². The summed E-state index contributed by atoms with van der Waals surface area (Å²) in [6.07, 6.45) is 4.51. The molecule has 0 N–H and O–H groups in total. The SMILES string of the molecule is CCCC([S+](CC(=O)c1ccccc1)CC(=O)c1cccc2c1CCCC2)S(=O)(=O)[O-]. The van der Waals surface area contributed by atoms with Crippen molar-refractivity contribution in [2.24, 2.45) is 0 Å². The summed E-state index contributed by atoms with van der Waals surface area (Å²) in [5, 5.41) is 0. The monoisotopic (exact) mass is 460 g/mol. The number of Topliss-reactive ketones (excluding diaryl/α,β-unsaturated/α-hetero) is 2. The fraction of sp³-hybridized carbons (Fsp3) is 0.417. The van der Waals surface area contributed by atoms with Gasteiger partial charge in [0.1, 0.15) is 10.1 Å². The second kappa shape index (κ2) is 10.6. The molecule has 5 nitrogen and oxygen atoms in total. The van der Waals surface area contributed by atoms with Gasteiger partial charge in [-0.2, -0.15) is 0 Å². The van der Waals surface area contributed by atoms with Crippen LogP contribution in [0, 0.1) is 0 Å². The van der Waals surface area contributed by atoms with E-state index in [0.29, 0.717) is 17.5 Å². The van der Waals surface area contributed by atoms with Gasteiger partial charge in [0.15, 0.2) is 11.5 Å². The van der Waals surface area contributed by atoms with E-state index >= 15 is 0 Å². The Labute approximate surface area is 187 Å². The van der Waals surface area contributed by atoms with Crippen molar-refractivity contribution in [1.82, 2.24) is 0 Å². The Hall–Kier alpha value is -1.96. The minimum absolute atomic E-state index is 0.0961. The molecule has 0 saturated heterocycles. The van der Waals surface area contributed by atoms with E-state index in [1.165, 1.54) is 5.56 Å². The van der Waals surface area contributed by atoms with Crippen LogP contribution in [0.25, 0.3) is 0 Å². The first-order valence-corrected chi connectivity index (χ1v) is 13.7. The fourth-order valence-electron chi connectivity index (χ4n) is 4.11. The molecule has 0 fully saturated rings. The largest absolute Gasteiger partial charge is 0.744 e. The molecule has 1 aliphatic rings. The number of carbonyl (C=O) groups excluding carboxylic acids is 2. The summed E-state index contributed by atoms with van der Waals surface area (Å²) in [4.78, 5) is 26.1. The molecule has 3 rings (SSSR count). The quantitative estimate of drug-likeness (QED) is 0.304. The fourth-order valence-corrected chi connectivity index (χ4v) is 8.42. The Balaban J connectivity index is 1.90. The maximum Gasteiger partial charge on any atom is 0.212 e. The molecule has 0 radical (unpaired) electrons. The zero-order valence-corrected chi connectivity index (χ0v) is 19.3. The Bertz CT molecular complexity index is 1030. The Kier molecular flexibility index (Phi) is 8.08. The first-order chi connectivity index (χ1) is 14.8. The number of carbonyl (C=O) groups is 2. The van der Waals surface area contributed by atoms with E-state index in [1.54, 1.807) is 43.3 Å². The third kappa shape index (κ3) is 6.05. The van der Waals surface area contributed by atoms with Gasteiger partial charge in [-0.15, -0.1) is 0 Å². The van der Waals surface area contributed by atoms with Crippen LogP contribution in [-0.2, 0) is 33.9 Å². The third-order valence-electron chi connectivity index (χ3n) is 5.64. The van der Waals surface area contributed by atoms with Crippen LogP contribution in [0.3, 0.4) is 0 Å². The second-order valence-electron chi connectivity index (χ2n) is 7.90. The van der Waals surface area contributed by atoms with E-state index in [1.807, 2.05) is 12.1 Å². The third-order valence-corrected chi connectivity index (χ3v) is 10.3. The molecule has 0 saturated carbocycles. The first-order valence-electron chi connectivity index (χ1n) is 10.6. The van der Waals surface area contributed by atoms with Gasteiger partial charge < -0.3 is 4.55 Å². The maximum atomic E-state index is 13.3. The van der Waals surface area contributed by atoms with Crippen molar-refractivity contribution in [2.45, 2.75) is 50.0 Å². The molecule has 2 unspecified atom stereocenters. The molecular formula is C24H28O5S2. The zero-order chi connectivity index (χ0) is 22.4. The molecule has 0 heterocycles. The molecule has 1 aliphatic carbocycles. The van der Waals surface area contributed by atoms with E-state index in [2.05, 4.69) is 0 Å². The molecule has 2 aromatic rings. The molecule has 0 aromatic heterocycles. The predicted molar refractivity (Wildman–Crippen MR) is 124 cm³/mol. The molecule has 0 bridgehead atoms. The number of rotatable bonds is 10. The number of ketones is 2. The molecule has 0 aliphatic heterocycles. The highest BCUT2D eigenvalue weighted by Crippen LogP contribution is 2.27. The summed E-state index contributed by atoms with van der Waals surface area (Å²) in [5.41, 5.74) is 3.27. The Morgan fingerprint density at radius 3 is 2.32 bits per heavy atom. The molecule has 0 spiro atoms. The van der Waals surface area contributed by atoms with Gasteiger partial charge >= 0.3 is 0 Å². The smallest absolute Gasteiger partial charge is 0.212 e. The minimum atomic E-state index is -4.64. The Morgan fingerprint density at radius 2 is 1.65 bits per heavy atom. The van der Waals surface area contributed by atoms with Gasteiger partial charge in [0.2, 0.25) is 16.1 Å². The van der Waals surface area contributed by atoms with Crippen LogP contribution < -0.4 is 0 Å². The highest BCUT2D eigenvalue weighted by molar-refractivity contribution is 8.10. The van der Waals surface area contributed by atoms with Crippen LogP contribution in [0.2, 0.25) is 0 Å². The average Bonchev–Trinajstić information content (AvgIpc) is 2.76. The molecule has 0 amide bonds. The summed E-state index contributed by atoms with van der Waals surface area (Å²) >= 11 is 0. The first kappa shape index (κ1) is 23.7. The van der Waals surface area contributed by atoms with Crippen LogP contribution in [0.4, 0.5) is 0 Å². The van der Waals surface area contributed by atoms with Gasteiger partial charge in [-0.1, -0.05) is 61.9 Å². The lowest BCUT2D eigenvalue weighted by Gasteiger charge is -2.22. The van der Waals surface area contributed by atoms with E-state index in [9.17, 15) is 22.6 Å². The predicted octanol–water partition coefficient (Wildman–Crippen LogP) is 3.92. The number of aryl methyl sites for hydroxylation is 1. The van der Waals surface area contributed by atoms with Gasteiger partial charge in [-0.25, -0.2) is 8.42 Å². The van der Waals surface area contributed by atoms with Crippen LogP contribution in [-0.4, -0.2) is 40.6 Å². The van der Waals surface area contributed by atoms with Crippen molar-refractivity contribution >= 4 is 32.6 Å². The van der Waals surface area contributed by atoms with E-state index in [4.69, 9.17) is 0 Å². The highest BCUT2D eigenvalue weighted by atomic mass is 32.3. The van der Waals surface area contributed by atoms with Crippen molar-refractivity contribution in [3.8, 4) is 0 Å². The lowest BCUT2D eigenvalue weighted by Crippen LogP contribution is -2.39. The molecule has 7 heteroatoms. The zero-order valence-electron chi connectivity index (χ0n) is 17.7. The van der Waals surface area contributed by atoms with Crippen molar-refractivity contribution in [3.05, 3.63) is 70.8 Å². The lowest BCUT2D eigenvalue weighted by atomic mass is 9.87. The molecule has 31 heavy (non-hydrogen) atoms. The number of benzene rings is 2. The van der Waals surface area contributed by atoms with Gasteiger partial charge in [0.25, 0.3) is 0 Å². The van der Waals surface area contributed by atoms with Gasteiger partial charge in [-0.05, 0) is 36.8 Å². The highest BCUT2D eigenvalue weighted by Gasteiger charge is 2.39. The number of hydrogen-bond acceptors (Lipinski definition) is 5. The molecule has 166 valence electrons. The van der Waals surface area contributed by atoms with E-state index < -0.39 is 25.6 Å².